The van der Waals surface area contributed by atoms with Crippen LogP contribution in [0.3, 0.4) is 0 Å². The van der Waals surface area contributed by atoms with E-state index in [9.17, 15) is 15.0 Å². The van der Waals surface area contributed by atoms with Gasteiger partial charge in [-0.15, -0.1) is 0 Å². The summed E-state index contributed by atoms with van der Waals surface area (Å²) >= 11 is 1.50. The van der Waals surface area contributed by atoms with E-state index in [0.29, 0.717) is 0 Å². The number of anilines is 1. The molecule has 4 atom stereocenters. The van der Waals surface area contributed by atoms with Gasteiger partial charge in [-0.25, -0.2) is 4.79 Å². The van der Waals surface area contributed by atoms with E-state index >= 15 is 0 Å². The number of carbonyl (C=O) groups is 1. The average Bonchev–Trinajstić information content (AvgIpc) is 3.18. The van der Waals surface area contributed by atoms with Crippen LogP contribution in [0.1, 0.15) is 0 Å². The molecule has 0 saturated carbocycles. The Kier molecular flexibility index (Phi) is 7.60. The molecule has 2 heterocycles. The molecule has 1 aliphatic heterocycles. The number of nitrogens with one attached hydrogen (secondary N) is 2. The van der Waals surface area contributed by atoms with Gasteiger partial charge in [0.05, 0.1) is 24.4 Å². The molecule has 0 aliphatic carbocycles. The second-order valence-electron chi connectivity index (χ2n) is 6.51. The fourth-order valence-corrected chi connectivity index (χ4v) is 3.49. The van der Waals surface area contributed by atoms with Gasteiger partial charge in [-0.3, -0.25) is 4.90 Å². The van der Waals surface area contributed by atoms with Crippen molar-refractivity contribution in [1.82, 2.24) is 15.1 Å². The molecular formula is C16H28N4O4S. The van der Waals surface area contributed by atoms with Gasteiger partial charge < -0.3 is 30.5 Å². The lowest BCUT2D eigenvalue weighted by atomic mass is 10.0. The molecule has 0 aromatic carbocycles. The standard InChI is InChI=1S/C16H28N4O4S/c1-19(2)5-6-20(3)14-12(24-13(9-21)15(14)22)8-17-16(23)18-11-4-7-25-10-11/h4,7,10,12-15,21-22H,5-6,8-9H2,1-3H3,(H2,17,18,23)/t12-,13+,14-,15-/m1/s1. The van der Waals surface area contributed by atoms with Crippen molar-refractivity contribution in [3.05, 3.63) is 16.8 Å². The van der Waals surface area contributed by atoms with Gasteiger partial charge >= 0.3 is 6.03 Å². The number of hydrogen-bond donors (Lipinski definition) is 4. The molecular weight excluding hydrogens is 344 g/mol. The van der Waals surface area contributed by atoms with E-state index in [0.717, 1.165) is 18.8 Å². The highest BCUT2D eigenvalue weighted by Crippen LogP contribution is 2.25. The number of nitrogens with zero attached hydrogens (tertiary/aromatic N) is 2. The lowest BCUT2D eigenvalue weighted by Crippen LogP contribution is -2.51. The summed E-state index contributed by atoms with van der Waals surface area (Å²) in [6.45, 7) is 1.58. The van der Waals surface area contributed by atoms with Crippen LogP contribution in [0.25, 0.3) is 0 Å². The molecule has 25 heavy (non-hydrogen) atoms. The first-order chi connectivity index (χ1) is 11.9. The number of likely N-dealkylation sites (N-methyl/N-ethyl adjacent to an activating group) is 2. The van der Waals surface area contributed by atoms with Crippen LogP contribution in [0, 0.1) is 0 Å². The van der Waals surface area contributed by atoms with Gasteiger partial charge in [-0.2, -0.15) is 11.3 Å². The van der Waals surface area contributed by atoms with Crippen molar-refractivity contribution >= 4 is 23.1 Å². The zero-order valence-electron chi connectivity index (χ0n) is 14.9. The zero-order chi connectivity index (χ0) is 18.4. The Hall–Kier alpha value is -1.23. The number of aliphatic hydroxyl groups excluding tert-OH is 2. The number of aliphatic hydroxyl groups is 2. The van der Waals surface area contributed by atoms with E-state index in [1.807, 2.05) is 42.9 Å². The average molecular weight is 372 g/mol. The van der Waals surface area contributed by atoms with Crippen molar-refractivity contribution in [1.29, 1.82) is 0 Å². The maximum Gasteiger partial charge on any atom is 0.319 e. The molecule has 142 valence electrons. The lowest BCUT2D eigenvalue weighted by molar-refractivity contribution is -0.0205. The Morgan fingerprint density at radius 3 is 2.68 bits per heavy atom. The van der Waals surface area contributed by atoms with Crippen LogP contribution >= 0.6 is 11.3 Å². The van der Waals surface area contributed by atoms with Crippen molar-refractivity contribution in [2.24, 2.45) is 0 Å². The number of rotatable bonds is 8. The molecule has 0 unspecified atom stereocenters. The highest BCUT2D eigenvalue weighted by molar-refractivity contribution is 7.08. The van der Waals surface area contributed by atoms with Crippen molar-refractivity contribution in [3.8, 4) is 0 Å². The first kappa shape index (κ1) is 20.1. The maximum absolute atomic E-state index is 12.0. The molecule has 2 rings (SSSR count). The summed E-state index contributed by atoms with van der Waals surface area (Å²) in [5.74, 6) is 0. The van der Waals surface area contributed by atoms with Crippen molar-refractivity contribution in [2.75, 3.05) is 52.7 Å². The number of urea groups is 1. The zero-order valence-corrected chi connectivity index (χ0v) is 15.7. The summed E-state index contributed by atoms with van der Waals surface area (Å²) in [6, 6.07) is 1.21. The fraction of sp³-hybridized carbons (Fsp3) is 0.688. The number of carbonyl (C=O) groups excluding carboxylic acids is 1. The van der Waals surface area contributed by atoms with Gasteiger partial charge in [-0.1, -0.05) is 0 Å². The number of hydrogen-bond acceptors (Lipinski definition) is 7. The smallest absolute Gasteiger partial charge is 0.319 e. The van der Waals surface area contributed by atoms with Crippen LogP contribution < -0.4 is 10.6 Å². The lowest BCUT2D eigenvalue weighted by Gasteiger charge is -2.31. The van der Waals surface area contributed by atoms with Crippen LogP contribution in [0.5, 0.6) is 0 Å². The van der Waals surface area contributed by atoms with Gasteiger partial charge in [0.1, 0.15) is 12.2 Å². The van der Waals surface area contributed by atoms with Crippen LogP contribution in [-0.2, 0) is 4.74 Å². The predicted octanol–water partition coefficient (Wildman–Crippen LogP) is -0.148. The summed E-state index contributed by atoms with van der Waals surface area (Å²) in [6.07, 6.45) is -1.84. The molecule has 8 nitrogen and oxygen atoms in total. The molecule has 1 saturated heterocycles. The van der Waals surface area contributed by atoms with Crippen molar-refractivity contribution < 1.29 is 19.7 Å². The summed E-state index contributed by atoms with van der Waals surface area (Å²) < 4.78 is 5.75. The second-order valence-corrected chi connectivity index (χ2v) is 7.29. The molecule has 2 amide bonds. The van der Waals surface area contributed by atoms with E-state index in [4.69, 9.17) is 4.74 Å². The first-order valence-electron chi connectivity index (χ1n) is 8.28. The molecule has 0 radical (unpaired) electrons. The molecule has 9 heteroatoms. The van der Waals surface area contributed by atoms with Crippen molar-refractivity contribution in [2.45, 2.75) is 24.4 Å². The minimum Gasteiger partial charge on any atom is -0.394 e. The Labute approximate surface area is 152 Å². The summed E-state index contributed by atoms with van der Waals surface area (Å²) in [4.78, 5) is 16.1. The predicted molar refractivity (Wildman–Crippen MR) is 98.1 cm³/mol. The first-order valence-corrected chi connectivity index (χ1v) is 9.23. The Bertz CT molecular complexity index is 528. The van der Waals surface area contributed by atoms with Gasteiger partial charge in [0.15, 0.2) is 0 Å². The van der Waals surface area contributed by atoms with Gasteiger partial charge in [-0.05, 0) is 32.6 Å². The highest BCUT2D eigenvalue weighted by atomic mass is 32.1. The highest BCUT2D eigenvalue weighted by Gasteiger charge is 2.45. The van der Waals surface area contributed by atoms with E-state index in [-0.39, 0.29) is 25.2 Å². The van der Waals surface area contributed by atoms with Gasteiger partial charge in [0.2, 0.25) is 0 Å². The maximum atomic E-state index is 12.0. The summed E-state index contributed by atoms with van der Waals surface area (Å²) in [5.41, 5.74) is 0.739. The monoisotopic (exact) mass is 372 g/mol. The van der Waals surface area contributed by atoms with Crippen LogP contribution in [0.2, 0.25) is 0 Å². The topological polar surface area (TPSA) is 97.3 Å². The Balaban J connectivity index is 1.91. The Morgan fingerprint density at radius 1 is 1.32 bits per heavy atom. The minimum absolute atomic E-state index is 0.250. The van der Waals surface area contributed by atoms with Gasteiger partial charge in [0.25, 0.3) is 0 Å². The van der Waals surface area contributed by atoms with Crippen LogP contribution in [0.15, 0.2) is 16.8 Å². The van der Waals surface area contributed by atoms with Crippen molar-refractivity contribution in [3.63, 3.8) is 0 Å². The third-order valence-electron chi connectivity index (χ3n) is 4.29. The molecule has 1 aliphatic rings. The van der Waals surface area contributed by atoms with Gasteiger partial charge in [0, 0.05) is 25.0 Å². The SMILES string of the molecule is CN(C)CCN(C)[C@H]1[C@H](O)[C@H](CO)O[C@@H]1CNC(=O)Nc1ccsc1. The normalized spacial score (nSPS) is 26.4. The van der Waals surface area contributed by atoms with Crippen LogP contribution in [0.4, 0.5) is 10.5 Å². The van der Waals surface area contributed by atoms with E-state index in [1.54, 1.807) is 0 Å². The van der Waals surface area contributed by atoms with E-state index in [2.05, 4.69) is 15.5 Å². The quantitative estimate of drug-likeness (QED) is 0.507. The molecule has 1 aromatic rings. The molecule has 1 fully saturated rings. The fourth-order valence-electron chi connectivity index (χ4n) is 2.90. The third kappa shape index (κ3) is 5.63. The Morgan fingerprint density at radius 2 is 2.08 bits per heavy atom. The van der Waals surface area contributed by atoms with E-state index < -0.39 is 18.3 Å². The third-order valence-corrected chi connectivity index (χ3v) is 4.98. The molecule has 1 aromatic heterocycles. The largest absolute Gasteiger partial charge is 0.394 e. The molecule has 4 N–H and O–H groups in total. The second kappa shape index (κ2) is 9.46. The minimum atomic E-state index is -0.802. The number of thiophene rings is 1. The number of amides is 2. The summed E-state index contributed by atoms with van der Waals surface area (Å²) in [7, 11) is 5.89. The molecule has 0 spiro atoms. The van der Waals surface area contributed by atoms with Crippen LogP contribution in [-0.4, -0.2) is 97.8 Å². The van der Waals surface area contributed by atoms with E-state index in [1.165, 1.54) is 11.3 Å². The summed E-state index contributed by atoms with van der Waals surface area (Å²) in [5, 5.41) is 29.1. The molecule has 0 bridgehead atoms. The number of ether oxygens (including phenoxy) is 1.